The predicted octanol–water partition coefficient (Wildman–Crippen LogP) is 5.19. The Balaban J connectivity index is 1.97. The summed E-state index contributed by atoms with van der Waals surface area (Å²) in [4.78, 5) is 13.0. The third-order valence-electron chi connectivity index (χ3n) is 4.01. The van der Waals surface area contributed by atoms with E-state index in [0.29, 0.717) is 5.52 Å². The molecule has 1 unspecified atom stereocenters. The average Bonchev–Trinajstić information content (AvgIpc) is 3.04. The van der Waals surface area contributed by atoms with Gasteiger partial charge in [-0.2, -0.15) is 15.0 Å². The fraction of sp³-hybridized carbons (Fsp3) is 0.235. The number of nitrogens with two attached hydrogens (primary N) is 1. The van der Waals surface area contributed by atoms with Crippen molar-refractivity contribution in [1.29, 1.82) is 0 Å². The summed E-state index contributed by atoms with van der Waals surface area (Å²) in [6.45, 7) is 1.70. The van der Waals surface area contributed by atoms with E-state index in [0.717, 1.165) is 12.1 Å². The van der Waals surface area contributed by atoms with Gasteiger partial charge in [-0.25, -0.2) is 0 Å². The summed E-state index contributed by atoms with van der Waals surface area (Å²) in [7, 11) is 0. The van der Waals surface area contributed by atoms with Gasteiger partial charge in [-0.1, -0.05) is 34.8 Å². The molecule has 1 aromatic heterocycles. The molecule has 3 aromatic rings. The summed E-state index contributed by atoms with van der Waals surface area (Å²) < 4.78 is 41.5. The third kappa shape index (κ3) is 4.68. The van der Waals surface area contributed by atoms with E-state index in [1.807, 2.05) is 0 Å². The Morgan fingerprint density at radius 1 is 1.17 bits per heavy atom. The summed E-state index contributed by atoms with van der Waals surface area (Å²) in [5, 5.41) is 9.15. The lowest BCUT2D eigenvalue weighted by Crippen LogP contribution is -2.20. The number of carbonyl (C=O) groups is 1. The van der Waals surface area contributed by atoms with E-state index in [2.05, 4.69) is 14.9 Å². The second-order valence-corrected chi connectivity index (χ2v) is 7.35. The molecule has 0 saturated heterocycles. The van der Waals surface area contributed by atoms with Crippen LogP contribution < -0.4 is 10.5 Å². The first-order valence-electron chi connectivity index (χ1n) is 8.04. The first-order chi connectivity index (χ1) is 13.5. The van der Waals surface area contributed by atoms with Gasteiger partial charge in [0, 0.05) is 5.56 Å². The van der Waals surface area contributed by atoms with Gasteiger partial charge in [-0.05, 0) is 43.2 Å². The van der Waals surface area contributed by atoms with Gasteiger partial charge in [0.1, 0.15) is 16.8 Å². The molecule has 2 aromatic carbocycles. The van der Waals surface area contributed by atoms with Gasteiger partial charge < -0.3 is 10.5 Å². The number of fused-ring (bicyclic) bond motifs is 1. The number of alkyl halides is 3. The lowest BCUT2D eigenvalue weighted by atomic mass is 10.0. The molecule has 0 bridgehead atoms. The first-order valence-corrected chi connectivity index (χ1v) is 9.18. The molecule has 1 amide bonds. The molecule has 0 aliphatic carbocycles. The number of aromatic nitrogens is 3. The lowest BCUT2D eigenvalue weighted by Gasteiger charge is -2.15. The molecule has 29 heavy (non-hydrogen) atoms. The van der Waals surface area contributed by atoms with Crippen molar-refractivity contribution in [1.82, 2.24) is 15.0 Å². The number of amides is 1. The zero-order chi connectivity index (χ0) is 21.5. The van der Waals surface area contributed by atoms with Gasteiger partial charge in [-0.3, -0.25) is 4.79 Å². The Hall–Kier alpha value is -2.23. The van der Waals surface area contributed by atoms with Gasteiger partial charge in [0.05, 0.1) is 21.1 Å². The standard InChI is InChI=1S/C17H12Cl3F3N4O2/c1-7(27-25-14-12(19)6-11(18)13(20)15(14)26-27)4-8-5-9(29-17(21,22)23)2-3-10(8)16(24)28/h2-3,5-7H,4H2,1H3,(H2,24,28). The number of halogens is 6. The molecule has 0 aliphatic rings. The molecule has 0 spiro atoms. The molecule has 6 nitrogen and oxygen atoms in total. The van der Waals surface area contributed by atoms with E-state index < -0.39 is 24.1 Å². The van der Waals surface area contributed by atoms with E-state index in [1.54, 1.807) is 6.92 Å². The van der Waals surface area contributed by atoms with E-state index in [4.69, 9.17) is 40.5 Å². The zero-order valence-corrected chi connectivity index (χ0v) is 16.9. The monoisotopic (exact) mass is 466 g/mol. The number of primary amides is 1. The molecular formula is C17H12Cl3F3N4O2. The van der Waals surface area contributed by atoms with Crippen molar-refractivity contribution < 1.29 is 22.7 Å². The number of hydrogen-bond acceptors (Lipinski definition) is 4. The highest BCUT2D eigenvalue weighted by Gasteiger charge is 2.31. The van der Waals surface area contributed by atoms with E-state index >= 15 is 0 Å². The molecule has 154 valence electrons. The fourth-order valence-corrected chi connectivity index (χ4v) is 3.43. The Morgan fingerprint density at radius 2 is 1.83 bits per heavy atom. The van der Waals surface area contributed by atoms with Gasteiger partial charge in [0.2, 0.25) is 5.91 Å². The van der Waals surface area contributed by atoms with Crippen LogP contribution in [0.1, 0.15) is 28.9 Å². The first kappa shape index (κ1) is 21.5. The minimum atomic E-state index is -4.87. The minimum absolute atomic E-state index is 0.0576. The van der Waals surface area contributed by atoms with Gasteiger partial charge in [0.25, 0.3) is 0 Å². The molecular weight excluding hydrogens is 456 g/mol. The van der Waals surface area contributed by atoms with Crippen molar-refractivity contribution >= 4 is 51.7 Å². The van der Waals surface area contributed by atoms with Crippen molar-refractivity contribution in [3.63, 3.8) is 0 Å². The van der Waals surface area contributed by atoms with Crippen LogP contribution in [-0.4, -0.2) is 27.3 Å². The maximum atomic E-state index is 12.5. The van der Waals surface area contributed by atoms with Crippen LogP contribution in [0.2, 0.25) is 15.1 Å². The third-order valence-corrected chi connectivity index (χ3v) is 5.08. The van der Waals surface area contributed by atoms with Crippen LogP contribution in [0.5, 0.6) is 5.75 Å². The summed E-state index contributed by atoms with van der Waals surface area (Å²) >= 11 is 18.2. The van der Waals surface area contributed by atoms with Crippen LogP contribution in [-0.2, 0) is 6.42 Å². The molecule has 0 aliphatic heterocycles. The van der Waals surface area contributed by atoms with Crippen LogP contribution in [0.15, 0.2) is 24.3 Å². The minimum Gasteiger partial charge on any atom is -0.406 e. The highest BCUT2D eigenvalue weighted by molar-refractivity contribution is 6.47. The lowest BCUT2D eigenvalue weighted by molar-refractivity contribution is -0.274. The summed E-state index contributed by atoms with van der Waals surface area (Å²) in [6, 6.07) is 4.23. The Kier molecular flexibility index (Phi) is 5.84. The van der Waals surface area contributed by atoms with Crippen LogP contribution in [0, 0.1) is 0 Å². The normalized spacial score (nSPS) is 12.9. The molecule has 0 fully saturated rings. The van der Waals surface area contributed by atoms with E-state index in [9.17, 15) is 18.0 Å². The maximum absolute atomic E-state index is 12.5. The Morgan fingerprint density at radius 3 is 2.45 bits per heavy atom. The van der Waals surface area contributed by atoms with Crippen molar-refractivity contribution in [2.24, 2.45) is 5.73 Å². The SMILES string of the molecule is CC(Cc1cc(OC(F)(F)F)ccc1C(N)=O)n1nc2c(Cl)cc(Cl)c(Cl)c2n1. The zero-order valence-electron chi connectivity index (χ0n) is 14.6. The molecule has 3 rings (SSSR count). The molecule has 1 atom stereocenters. The van der Waals surface area contributed by atoms with Crippen molar-refractivity contribution in [3.8, 4) is 5.75 Å². The Bertz CT molecular complexity index is 1100. The largest absolute Gasteiger partial charge is 0.573 e. The quantitative estimate of drug-likeness (QED) is 0.523. The van der Waals surface area contributed by atoms with Crippen LogP contribution in [0.25, 0.3) is 11.0 Å². The average molecular weight is 468 g/mol. The highest BCUT2D eigenvalue weighted by atomic mass is 35.5. The van der Waals surface area contributed by atoms with Crippen LogP contribution in [0.4, 0.5) is 13.2 Å². The number of hydrogen-bond donors (Lipinski definition) is 1. The van der Waals surface area contributed by atoms with Crippen LogP contribution in [0.3, 0.4) is 0 Å². The second kappa shape index (κ2) is 7.89. The predicted molar refractivity (Wildman–Crippen MR) is 103 cm³/mol. The highest BCUT2D eigenvalue weighted by Crippen LogP contribution is 2.34. The smallest absolute Gasteiger partial charge is 0.406 e. The number of carbonyl (C=O) groups excluding carboxylic acids is 1. The summed E-state index contributed by atoms with van der Waals surface area (Å²) in [6.07, 6.45) is -4.79. The Labute approximate surface area is 177 Å². The number of nitrogens with zero attached hydrogens (tertiary/aromatic N) is 3. The maximum Gasteiger partial charge on any atom is 0.573 e. The van der Waals surface area contributed by atoms with Gasteiger partial charge >= 0.3 is 6.36 Å². The number of rotatable bonds is 5. The summed E-state index contributed by atoms with van der Waals surface area (Å²) in [5.74, 6) is -1.26. The molecule has 1 heterocycles. The van der Waals surface area contributed by atoms with E-state index in [-0.39, 0.29) is 38.1 Å². The van der Waals surface area contributed by atoms with Crippen LogP contribution >= 0.6 is 34.8 Å². The molecule has 0 saturated carbocycles. The fourth-order valence-electron chi connectivity index (χ4n) is 2.76. The van der Waals surface area contributed by atoms with Crippen molar-refractivity contribution in [2.45, 2.75) is 25.7 Å². The molecule has 0 radical (unpaired) electrons. The van der Waals surface area contributed by atoms with Crippen molar-refractivity contribution in [2.75, 3.05) is 0 Å². The number of benzene rings is 2. The van der Waals surface area contributed by atoms with E-state index in [1.165, 1.54) is 16.9 Å². The topological polar surface area (TPSA) is 83.0 Å². The van der Waals surface area contributed by atoms with Gasteiger partial charge in [0.15, 0.2) is 0 Å². The molecule has 12 heteroatoms. The van der Waals surface area contributed by atoms with Crippen molar-refractivity contribution in [3.05, 3.63) is 50.5 Å². The van der Waals surface area contributed by atoms with Gasteiger partial charge in [-0.15, -0.1) is 13.2 Å². The summed E-state index contributed by atoms with van der Waals surface area (Å²) in [5.41, 5.74) is 6.23. The second-order valence-electron chi connectivity index (χ2n) is 6.16. The molecule has 2 N–H and O–H groups in total. The number of ether oxygens (including phenoxy) is 1.